The molecule has 0 saturated carbocycles. The van der Waals surface area contributed by atoms with Gasteiger partial charge in [0.15, 0.2) is 0 Å². The van der Waals surface area contributed by atoms with Crippen molar-refractivity contribution in [1.29, 1.82) is 0 Å². The summed E-state index contributed by atoms with van der Waals surface area (Å²) < 4.78 is 5.63. The third kappa shape index (κ3) is 5.51. The fourth-order valence-electron chi connectivity index (χ4n) is 2.34. The van der Waals surface area contributed by atoms with Crippen molar-refractivity contribution in [2.24, 2.45) is 0 Å². The molecule has 1 aliphatic rings. The van der Waals surface area contributed by atoms with Crippen LogP contribution in [0.25, 0.3) is 0 Å². The molecule has 0 aromatic carbocycles. The zero-order valence-electron chi connectivity index (χ0n) is 10.6. The van der Waals surface area contributed by atoms with E-state index in [0.29, 0.717) is 6.04 Å². The largest absolute Gasteiger partial charge is 0.380 e. The molecule has 1 fully saturated rings. The summed E-state index contributed by atoms with van der Waals surface area (Å²) in [4.78, 5) is 2.57. The van der Waals surface area contributed by atoms with Gasteiger partial charge in [0.25, 0.3) is 0 Å². The average Bonchev–Trinajstić information content (AvgIpc) is 2.31. The lowest BCUT2D eigenvalue weighted by molar-refractivity contribution is 0.0695. The molecule has 1 saturated heterocycles. The van der Waals surface area contributed by atoms with E-state index in [-0.39, 0.29) is 0 Å². The van der Waals surface area contributed by atoms with E-state index >= 15 is 0 Å². The summed E-state index contributed by atoms with van der Waals surface area (Å²) in [5, 5.41) is 0. The van der Waals surface area contributed by atoms with Crippen molar-refractivity contribution in [1.82, 2.24) is 4.90 Å². The Balaban J connectivity index is 2.11. The van der Waals surface area contributed by atoms with E-state index in [1.165, 1.54) is 38.6 Å². The number of piperidine rings is 1. The Bertz CT molecular complexity index is 164. The van der Waals surface area contributed by atoms with Crippen LogP contribution < -0.4 is 0 Å². The highest BCUT2D eigenvalue weighted by Crippen LogP contribution is 2.19. The minimum atomic E-state index is 0.709. The molecule has 0 aromatic heterocycles. The second-order valence-electron chi connectivity index (χ2n) is 4.63. The number of alkyl halides is 1. The molecule has 16 heavy (non-hydrogen) atoms. The topological polar surface area (TPSA) is 12.5 Å². The first-order chi connectivity index (χ1) is 7.88. The van der Waals surface area contributed by atoms with Crippen molar-refractivity contribution < 1.29 is 4.74 Å². The first kappa shape index (κ1) is 14.3. The molecule has 2 nitrogen and oxygen atoms in total. The first-order valence-corrected chi connectivity index (χ1v) is 7.29. The maximum atomic E-state index is 5.84. The number of hydrogen-bond donors (Lipinski definition) is 0. The SMILES string of the molecule is CCCCOCCN1CCCCC1CCCl. The highest BCUT2D eigenvalue weighted by Gasteiger charge is 2.20. The number of halogens is 1. The van der Waals surface area contributed by atoms with Gasteiger partial charge in [0, 0.05) is 25.1 Å². The smallest absolute Gasteiger partial charge is 0.0593 e. The predicted molar refractivity (Wildman–Crippen MR) is 70.3 cm³/mol. The average molecular weight is 248 g/mol. The molecule has 0 radical (unpaired) electrons. The molecule has 96 valence electrons. The minimum absolute atomic E-state index is 0.709. The summed E-state index contributed by atoms with van der Waals surface area (Å²) >= 11 is 5.84. The lowest BCUT2D eigenvalue weighted by Gasteiger charge is -2.35. The summed E-state index contributed by atoms with van der Waals surface area (Å²) in [6.45, 7) is 6.33. The van der Waals surface area contributed by atoms with Gasteiger partial charge in [0.1, 0.15) is 0 Å². The zero-order valence-corrected chi connectivity index (χ0v) is 11.3. The Morgan fingerprint density at radius 2 is 2.19 bits per heavy atom. The molecule has 0 bridgehead atoms. The van der Waals surface area contributed by atoms with Crippen molar-refractivity contribution >= 4 is 11.6 Å². The first-order valence-electron chi connectivity index (χ1n) is 6.76. The van der Waals surface area contributed by atoms with Gasteiger partial charge >= 0.3 is 0 Å². The molecule has 1 heterocycles. The maximum Gasteiger partial charge on any atom is 0.0593 e. The molecule has 1 atom stereocenters. The highest BCUT2D eigenvalue weighted by atomic mass is 35.5. The Morgan fingerprint density at radius 3 is 2.94 bits per heavy atom. The molecule has 0 N–H and O–H groups in total. The Labute approximate surface area is 105 Å². The van der Waals surface area contributed by atoms with Crippen molar-refractivity contribution in [2.45, 2.75) is 51.5 Å². The summed E-state index contributed by atoms with van der Waals surface area (Å²) in [5.74, 6) is 0.790. The van der Waals surface area contributed by atoms with Gasteiger partial charge in [-0.25, -0.2) is 0 Å². The lowest BCUT2D eigenvalue weighted by Crippen LogP contribution is -2.41. The molecular formula is C13H26ClNO. The summed E-state index contributed by atoms with van der Waals surface area (Å²) in [6, 6.07) is 0.709. The van der Waals surface area contributed by atoms with E-state index in [1.54, 1.807) is 0 Å². The standard InChI is InChI=1S/C13H26ClNO/c1-2-3-11-16-12-10-15-9-5-4-6-13(15)7-8-14/h13H,2-12H2,1H3. The summed E-state index contributed by atoms with van der Waals surface area (Å²) in [6.07, 6.45) is 7.57. The van der Waals surface area contributed by atoms with Gasteiger partial charge in [-0.15, -0.1) is 11.6 Å². The van der Waals surface area contributed by atoms with E-state index in [4.69, 9.17) is 16.3 Å². The normalized spacial score (nSPS) is 22.5. The van der Waals surface area contributed by atoms with E-state index in [0.717, 1.165) is 32.1 Å². The van der Waals surface area contributed by atoms with Gasteiger partial charge in [-0.05, 0) is 32.2 Å². The van der Waals surface area contributed by atoms with Crippen LogP contribution in [0.15, 0.2) is 0 Å². The van der Waals surface area contributed by atoms with Crippen LogP contribution in [0.2, 0.25) is 0 Å². The second-order valence-corrected chi connectivity index (χ2v) is 5.01. The van der Waals surface area contributed by atoms with Crippen molar-refractivity contribution in [3.63, 3.8) is 0 Å². The van der Waals surface area contributed by atoms with Gasteiger partial charge in [0.05, 0.1) is 6.61 Å². The van der Waals surface area contributed by atoms with Crippen molar-refractivity contribution in [3.8, 4) is 0 Å². The van der Waals surface area contributed by atoms with E-state index in [1.807, 2.05) is 0 Å². The predicted octanol–water partition coefficient (Wildman–Crippen LogP) is 3.29. The fourth-order valence-corrected chi connectivity index (χ4v) is 2.59. The Morgan fingerprint density at radius 1 is 1.31 bits per heavy atom. The molecule has 0 spiro atoms. The van der Waals surface area contributed by atoms with Crippen LogP contribution in [0.1, 0.15) is 45.4 Å². The molecule has 0 aliphatic carbocycles. The third-order valence-corrected chi connectivity index (χ3v) is 3.57. The quantitative estimate of drug-likeness (QED) is 0.482. The second kappa shape index (κ2) is 9.26. The number of unbranched alkanes of at least 4 members (excludes halogenated alkanes) is 1. The number of rotatable bonds is 8. The van der Waals surface area contributed by atoms with E-state index < -0.39 is 0 Å². The molecule has 0 aromatic rings. The summed E-state index contributed by atoms with van der Waals surface area (Å²) in [5.41, 5.74) is 0. The monoisotopic (exact) mass is 247 g/mol. The Hall–Kier alpha value is 0.210. The highest BCUT2D eigenvalue weighted by molar-refractivity contribution is 6.17. The number of nitrogens with zero attached hydrogens (tertiary/aromatic N) is 1. The van der Waals surface area contributed by atoms with Crippen molar-refractivity contribution in [2.75, 3.05) is 32.2 Å². The molecular weight excluding hydrogens is 222 g/mol. The molecule has 1 unspecified atom stereocenters. The van der Waals surface area contributed by atoms with E-state index in [9.17, 15) is 0 Å². The number of hydrogen-bond acceptors (Lipinski definition) is 2. The van der Waals surface area contributed by atoms with Gasteiger partial charge in [-0.1, -0.05) is 19.8 Å². The molecule has 1 aliphatic heterocycles. The minimum Gasteiger partial charge on any atom is -0.380 e. The number of likely N-dealkylation sites (tertiary alicyclic amines) is 1. The van der Waals surface area contributed by atoms with Crippen LogP contribution in [-0.4, -0.2) is 43.1 Å². The lowest BCUT2D eigenvalue weighted by atomic mass is 10.0. The zero-order chi connectivity index (χ0) is 11.6. The maximum absolute atomic E-state index is 5.84. The van der Waals surface area contributed by atoms with E-state index in [2.05, 4.69) is 11.8 Å². The summed E-state index contributed by atoms with van der Waals surface area (Å²) in [7, 11) is 0. The fraction of sp³-hybridized carbons (Fsp3) is 1.00. The molecule has 3 heteroatoms. The van der Waals surface area contributed by atoms with Crippen LogP contribution >= 0.6 is 11.6 Å². The third-order valence-electron chi connectivity index (χ3n) is 3.36. The van der Waals surface area contributed by atoms with Gasteiger partial charge in [-0.3, -0.25) is 4.90 Å². The van der Waals surface area contributed by atoms with Crippen molar-refractivity contribution in [3.05, 3.63) is 0 Å². The van der Waals surface area contributed by atoms with Gasteiger partial charge < -0.3 is 4.74 Å². The van der Waals surface area contributed by atoms with Gasteiger partial charge in [-0.2, -0.15) is 0 Å². The number of ether oxygens (including phenoxy) is 1. The van der Waals surface area contributed by atoms with Crippen LogP contribution in [0.4, 0.5) is 0 Å². The Kier molecular flexibility index (Phi) is 8.26. The van der Waals surface area contributed by atoms with Gasteiger partial charge in [0.2, 0.25) is 0 Å². The molecule has 0 amide bonds. The van der Waals surface area contributed by atoms with Crippen LogP contribution in [0.5, 0.6) is 0 Å². The van der Waals surface area contributed by atoms with Crippen LogP contribution in [0, 0.1) is 0 Å². The van der Waals surface area contributed by atoms with Crippen LogP contribution in [0.3, 0.4) is 0 Å². The van der Waals surface area contributed by atoms with Crippen LogP contribution in [-0.2, 0) is 4.74 Å². The molecule has 1 rings (SSSR count).